The maximum Gasteiger partial charge on any atom is 0.0897 e. The average molecular weight is 200 g/mol. The minimum Gasteiger partial charge on any atom is -0.394 e. The van der Waals surface area contributed by atoms with Gasteiger partial charge in [0.05, 0.1) is 12.7 Å². The molecule has 4 nitrogen and oxygen atoms in total. The SMILES string of the molecule is OCC(O)CN1C[C@@H]2CCCN[C@@H]2C1. The summed E-state index contributed by atoms with van der Waals surface area (Å²) in [5.74, 6) is 0.759. The van der Waals surface area contributed by atoms with Crippen molar-refractivity contribution in [2.24, 2.45) is 5.92 Å². The third-order valence-corrected chi connectivity index (χ3v) is 3.35. The second kappa shape index (κ2) is 4.57. The van der Waals surface area contributed by atoms with Crippen LogP contribution in [-0.4, -0.2) is 60.0 Å². The van der Waals surface area contributed by atoms with E-state index in [1.54, 1.807) is 0 Å². The molecule has 14 heavy (non-hydrogen) atoms. The van der Waals surface area contributed by atoms with Crippen molar-refractivity contribution in [3.63, 3.8) is 0 Å². The second-order valence-corrected chi connectivity index (χ2v) is 4.52. The second-order valence-electron chi connectivity index (χ2n) is 4.52. The molecule has 1 unspecified atom stereocenters. The van der Waals surface area contributed by atoms with Gasteiger partial charge in [-0.1, -0.05) is 0 Å². The van der Waals surface area contributed by atoms with E-state index in [1.165, 1.54) is 12.8 Å². The molecule has 2 rings (SSSR count). The summed E-state index contributed by atoms with van der Waals surface area (Å²) in [5, 5.41) is 21.6. The molecule has 0 spiro atoms. The van der Waals surface area contributed by atoms with E-state index in [9.17, 15) is 5.11 Å². The zero-order chi connectivity index (χ0) is 9.97. The fourth-order valence-electron chi connectivity index (χ4n) is 2.64. The standard InChI is InChI=1S/C10H20N2O2/c13-7-9(14)5-12-4-8-2-1-3-11-10(8)6-12/h8-11,13-14H,1-7H2/t8-,9?,10+/m0/s1. The molecule has 0 aromatic carbocycles. The number of piperidine rings is 1. The number of aliphatic hydroxyl groups excluding tert-OH is 2. The van der Waals surface area contributed by atoms with Gasteiger partial charge in [-0.15, -0.1) is 0 Å². The first-order chi connectivity index (χ1) is 6.79. The Morgan fingerprint density at radius 3 is 3.00 bits per heavy atom. The van der Waals surface area contributed by atoms with Crippen molar-refractivity contribution in [2.75, 3.05) is 32.8 Å². The van der Waals surface area contributed by atoms with Gasteiger partial charge in [-0.3, -0.25) is 4.90 Å². The van der Waals surface area contributed by atoms with Crippen LogP contribution in [0.1, 0.15) is 12.8 Å². The Hall–Kier alpha value is -0.160. The molecule has 2 aliphatic rings. The number of rotatable bonds is 3. The Kier molecular flexibility index (Phi) is 3.38. The van der Waals surface area contributed by atoms with Crippen LogP contribution in [0.25, 0.3) is 0 Å². The third-order valence-electron chi connectivity index (χ3n) is 3.35. The van der Waals surface area contributed by atoms with Crippen LogP contribution >= 0.6 is 0 Å². The molecule has 3 N–H and O–H groups in total. The molecule has 2 saturated heterocycles. The van der Waals surface area contributed by atoms with Crippen molar-refractivity contribution < 1.29 is 10.2 Å². The Labute approximate surface area is 84.9 Å². The van der Waals surface area contributed by atoms with Crippen LogP contribution in [-0.2, 0) is 0 Å². The Morgan fingerprint density at radius 1 is 1.43 bits per heavy atom. The fraction of sp³-hybridized carbons (Fsp3) is 1.00. The maximum absolute atomic E-state index is 9.34. The van der Waals surface area contributed by atoms with E-state index in [0.29, 0.717) is 12.6 Å². The molecule has 2 aliphatic heterocycles. The minimum atomic E-state index is -0.574. The fourth-order valence-corrected chi connectivity index (χ4v) is 2.64. The number of hydrogen-bond donors (Lipinski definition) is 3. The highest BCUT2D eigenvalue weighted by atomic mass is 16.3. The van der Waals surface area contributed by atoms with Crippen LogP contribution in [0, 0.1) is 5.92 Å². The molecule has 2 heterocycles. The molecule has 0 amide bonds. The number of nitrogens with one attached hydrogen (secondary N) is 1. The summed E-state index contributed by atoms with van der Waals surface area (Å²) in [6.45, 7) is 3.73. The van der Waals surface area contributed by atoms with Crippen LogP contribution in [0.2, 0.25) is 0 Å². The monoisotopic (exact) mass is 200 g/mol. The molecule has 4 heteroatoms. The Bertz CT molecular complexity index is 175. The van der Waals surface area contributed by atoms with Crippen molar-refractivity contribution in [3.8, 4) is 0 Å². The molecular weight excluding hydrogens is 180 g/mol. The van der Waals surface area contributed by atoms with Crippen LogP contribution in [0.15, 0.2) is 0 Å². The molecule has 0 radical (unpaired) electrons. The molecule has 3 atom stereocenters. The highest BCUT2D eigenvalue weighted by Crippen LogP contribution is 2.24. The first-order valence-electron chi connectivity index (χ1n) is 5.54. The van der Waals surface area contributed by atoms with Crippen LogP contribution in [0.4, 0.5) is 0 Å². The van der Waals surface area contributed by atoms with E-state index in [2.05, 4.69) is 10.2 Å². The van der Waals surface area contributed by atoms with Gasteiger partial charge in [0.25, 0.3) is 0 Å². The first-order valence-corrected chi connectivity index (χ1v) is 5.54. The first kappa shape index (κ1) is 10.4. The van der Waals surface area contributed by atoms with Crippen molar-refractivity contribution >= 4 is 0 Å². The number of nitrogens with zero attached hydrogens (tertiary/aromatic N) is 1. The number of aliphatic hydroxyl groups is 2. The van der Waals surface area contributed by atoms with Gasteiger partial charge in [-0.05, 0) is 25.3 Å². The lowest BCUT2D eigenvalue weighted by Crippen LogP contribution is -2.41. The Morgan fingerprint density at radius 2 is 2.29 bits per heavy atom. The quantitative estimate of drug-likeness (QED) is 0.548. The molecule has 82 valence electrons. The van der Waals surface area contributed by atoms with E-state index in [1.807, 2.05) is 0 Å². The number of fused-ring (bicyclic) bond motifs is 1. The lowest BCUT2D eigenvalue weighted by atomic mass is 9.94. The normalized spacial score (nSPS) is 35.6. The van der Waals surface area contributed by atoms with Gasteiger partial charge in [-0.2, -0.15) is 0 Å². The predicted molar refractivity (Wildman–Crippen MR) is 54.0 cm³/mol. The summed E-state index contributed by atoms with van der Waals surface area (Å²) in [5.41, 5.74) is 0. The largest absolute Gasteiger partial charge is 0.394 e. The van der Waals surface area contributed by atoms with E-state index >= 15 is 0 Å². The molecule has 0 aromatic heterocycles. The van der Waals surface area contributed by atoms with Gasteiger partial charge >= 0.3 is 0 Å². The third kappa shape index (κ3) is 2.25. The van der Waals surface area contributed by atoms with Crippen molar-refractivity contribution in [1.82, 2.24) is 10.2 Å². The van der Waals surface area contributed by atoms with Gasteiger partial charge in [0.2, 0.25) is 0 Å². The minimum absolute atomic E-state index is 0.126. The summed E-state index contributed by atoms with van der Waals surface area (Å²) in [6.07, 6.45) is 2.01. The van der Waals surface area contributed by atoms with Crippen LogP contribution < -0.4 is 5.32 Å². The number of hydrogen-bond acceptors (Lipinski definition) is 4. The lowest BCUT2D eigenvalue weighted by molar-refractivity contribution is 0.0648. The van der Waals surface area contributed by atoms with E-state index < -0.39 is 6.10 Å². The summed E-state index contributed by atoms with van der Waals surface area (Å²) in [4.78, 5) is 2.26. The van der Waals surface area contributed by atoms with Crippen LogP contribution in [0.3, 0.4) is 0 Å². The number of β-amino-alcohol motifs (C(OH)–C–C–N with tert-alkyl or cyclic N) is 1. The topological polar surface area (TPSA) is 55.7 Å². The smallest absolute Gasteiger partial charge is 0.0897 e. The molecule has 0 aromatic rings. The lowest BCUT2D eigenvalue weighted by Gasteiger charge is -2.24. The molecule has 0 aliphatic carbocycles. The summed E-state index contributed by atoms with van der Waals surface area (Å²) in [7, 11) is 0. The van der Waals surface area contributed by atoms with Gasteiger partial charge in [0.1, 0.15) is 0 Å². The van der Waals surface area contributed by atoms with Crippen LogP contribution in [0.5, 0.6) is 0 Å². The summed E-state index contributed by atoms with van der Waals surface area (Å²) in [6, 6.07) is 0.620. The van der Waals surface area contributed by atoms with E-state index in [4.69, 9.17) is 5.11 Å². The molecule has 2 fully saturated rings. The van der Waals surface area contributed by atoms with Gasteiger partial charge in [0, 0.05) is 25.7 Å². The average Bonchev–Trinajstić information content (AvgIpc) is 2.59. The van der Waals surface area contributed by atoms with Gasteiger partial charge in [0.15, 0.2) is 0 Å². The zero-order valence-corrected chi connectivity index (χ0v) is 8.52. The van der Waals surface area contributed by atoms with E-state index in [-0.39, 0.29) is 6.61 Å². The highest BCUT2D eigenvalue weighted by molar-refractivity contribution is 4.92. The number of likely N-dealkylation sites (tertiary alicyclic amines) is 1. The zero-order valence-electron chi connectivity index (χ0n) is 8.52. The van der Waals surface area contributed by atoms with Crippen molar-refractivity contribution in [1.29, 1.82) is 0 Å². The van der Waals surface area contributed by atoms with Crippen molar-refractivity contribution in [2.45, 2.75) is 25.0 Å². The molecule has 0 saturated carbocycles. The maximum atomic E-state index is 9.34. The summed E-state index contributed by atoms with van der Waals surface area (Å²) < 4.78 is 0. The molecule has 0 bridgehead atoms. The highest BCUT2D eigenvalue weighted by Gasteiger charge is 2.34. The summed E-state index contributed by atoms with van der Waals surface area (Å²) >= 11 is 0. The molecular formula is C10H20N2O2. The predicted octanol–water partition coefficient (Wildman–Crippen LogP) is -0.977. The van der Waals surface area contributed by atoms with E-state index in [0.717, 1.165) is 25.6 Å². The van der Waals surface area contributed by atoms with Crippen molar-refractivity contribution in [3.05, 3.63) is 0 Å². The Balaban J connectivity index is 1.80. The van der Waals surface area contributed by atoms with Gasteiger partial charge in [-0.25, -0.2) is 0 Å². The van der Waals surface area contributed by atoms with Gasteiger partial charge < -0.3 is 15.5 Å².